The summed E-state index contributed by atoms with van der Waals surface area (Å²) in [5.41, 5.74) is 2.17. The molecule has 1 saturated carbocycles. The summed E-state index contributed by atoms with van der Waals surface area (Å²) in [6.45, 7) is 2.00. The van der Waals surface area contributed by atoms with Crippen molar-refractivity contribution in [2.24, 2.45) is 0 Å². The predicted octanol–water partition coefficient (Wildman–Crippen LogP) is 3.18. The molecule has 3 rings (SSSR count). The van der Waals surface area contributed by atoms with E-state index in [9.17, 15) is 14.7 Å². The molecule has 24 heavy (non-hydrogen) atoms. The molecule has 1 amide bonds. The van der Waals surface area contributed by atoms with E-state index in [0.29, 0.717) is 18.4 Å². The van der Waals surface area contributed by atoms with Crippen LogP contribution in [-0.4, -0.2) is 27.5 Å². The molecule has 0 radical (unpaired) electrons. The van der Waals surface area contributed by atoms with E-state index in [1.165, 1.54) is 6.20 Å². The van der Waals surface area contributed by atoms with Crippen molar-refractivity contribution in [1.29, 1.82) is 0 Å². The summed E-state index contributed by atoms with van der Waals surface area (Å²) in [5.74, 6) is -1.35. The molecule has 0 spiro atoms. The highest BCUT2D eigenvalue weighted by Crippen LogP contribution is 2.30. The second kappa shape index (κ2) is 6.43. The van der Waals surface area contributed by atoms with Crippen molar-refractivity contribution >= 4 is 11.9 Å². The summed E-state index contributed by atoms with van der Waals surface area (Å²) in [6.07, 6.45) is 5.74. The van der Waals surface area contributed by atoms with Crippen LogP contribution in [0.3, 0.4) is 0 Å². The molecule has 1 heterocycles. The SMILES string of the molecule is Cc1cccc(-c2cncc(C(=O)NC3(C(=O)O)CCCC3)c2)c1. The fourth-order valence-electron chi connectivity index (χ4n) is 3.21. The molecule has 1 fully saturated rings. The summed E-state index contributed by atoms with van der Waals surface area (Å²) in [7, 11) is 0. The van der Waals surface area contributed by atoms with Gasteiger partial charge in [-0.2, -0.15) is 0 Å². The van der Waals surface area contributed by atoms with Crippen molar-refractivity contribution < 1.29 is 14.7 Å². The van der Waals surface area contributed by atoms with E-state index in [0.717, 1.165) is 29.5 Å². The first-order valence-electron chi connectivity index (χ1n) is 8.08. The molecule has 5 heteroatoms. The van der Waals surface area contributed by atoms with E-state index in [4.69, 9.17) is 0 Å². The molecule has 2 aromatic rings. The number of aromatic nitrogens is 1. The maximum absolute atomic E-state index is 12.5. The van der Waals surface area contributed by atoms with Crippen LogP contribution in [0, 0.1) is 6.92 Å². The second-order valence-electron chi connectivity index (χ2n) is 6.38. The largest absolute Gasteiger partial charge is 0.480 e. The van der Waals surface area contributed by atoms with E-state index in [2.05, 4.69) is 10.3 Å². The van der Waals surface area contributed by atoms with Gasteiger partial charge in [0, 0.05) is 18.0 Å². The number of nitrogens with zero attached hydrogens (tertiary/aromatic N) is 1. The van der Waals surface area contributed by atoms with Crippen molar-refractivity contribution in [2.45, 2.75) is 38.1 Å². The smallest absolute Gasteiger partial charge is 0.329 e. The number of benzene rings is 1. The number of pyridine rings is 1. The van der Waals surface area contributed by atoms with Gasteiger partial charge in [0.1, 0.15) is 5.54 Å². The van der Waals surface area contributed by atoms with Gasteiger partial charge in [0.05, 0.1) is 5.56 Å². The zero-order valence-corrected chi connectivity index (χ0v) is 13.6. The number of nitrogens with one attached hydrogen (secondary N) is 1. The highest BCUT2D eigenvalue weighted by Gasteiger charge is 2.42. The number of aliphatic carboxylic acids is 1. The van der Waals surface area contributed by atoms with Crippen LogP contribution < -0.4 is 5.32 Å². The van der Waals surface area contributed by atoms with E-state index in [-0.39, 0.29) is 5.91 Å². The molecule has 1 aromatic carbocycles. The van der Waals surface area contributed by atoms with Crippen LogP contribution in [0.2, 0.25) is 0 Å². The molecule has 1 aliphatic carbocycles. The first-order chi connectivity index (χ1) is 11.5. The summed E-state index contributed by atoms with van der Waals surface area (Å²) < 4.78 is 0. The molecule has 5 nitrogen and oxygen atoms in total. The fourth-order valence-corrected chi connectivity index (χ4v) is 3.21. The highest BCUT2D eigenvalue weighted by atomic mass is 16.4. The number of carbonyl (C=O) groups is 2. The lowest BCUT2D eigenvalue weighted by Gasteiger charge is -2.25. The quantitative estimate of drug-likeness (QED) is 0.905. The Bertz CT molecular complexity index is 780. The molecule has 1 aromatic heterocycles. The Kier molecular flexibility index (Phi) is 4.34. The Morgan fingerprint density at radius 2 is 1.88 bits per heavy atom. The van der Waals surface area contributed by atoms with E-state index >= 15 is 0 Å². The Morgan fingerprint density at radius 3 is 2.54 bits per heavy atom. The van der Waals surface area contributed by atoms with Gasteiger partial charge in [0.2, 0.25) is 0 Å². The molecule has 124 valence electrons. The zero-order chi connectivity index (χ0) is 17.2. The third-order valence-corrected chi connectivity index (χ3v) is 4.57. The summed E-state index contributed by atoms with van der Waals surface area (Å²) in [6, 6.07) is 9.69. The zero-order valence-electron chi connectivity index (χ0n) is 13.6. The van der Waals surface area contributed by atoms with Gasteiger partial charge in [0.25, 0.3) is 5.91 Å². The molecule has 0 atom stereocenters. The average Bonchev–Trinajstić information content (AvgIpc) is 3.05. The van der Waals surface area contributed by atoms with Crippen LogP contribution >= 0.6 is 0 Å². The van der Waals surface area contributed by atoms with E-state index < -0.39 is 11.5 Å². The Hall–Kier alpha value is -2.69. The third kappa shape index (κ3) is 3.15. The normalized spacial score (nSPS) is 15.9. The number of rotatable bonds is 4. The lowest BCUT2D eigenvalue weighted by atomic mass is 9.97. The third-order valence-electron chi connectivity index (χ3n) is 4.57. The Morgan fingerprint density at radius 1 is 1.12 bits per heavy atom. The minimum absolute atomic E-state index is 0.376. The molecule has 0 saturated heterocycles. The van der Waals surface area contributed by atoms with Gasteiger partial charge in [0.15, 0.2) is 0 Å². The van der Waals surface area contributed by atoms with Gasteiger partial charge < -0.3 is 10.4 Å². The van der Waals surface area contributed by atoms with Crippen LogP contribution in [0.25, 0.3) is 11.1 Å². The molecule has 2 N–H and O–H groups in total. The van der Waals surface area contributed by atoms with Gasteiger partial charge in [-0.3, -0.25) is 9.78 Å². The standard InChI is InChI=1S/C19H20N2O3/c1-13-5-4-6-14(9-13)15-10-16(12-20-11-15)17(22)21-19(18(23)24)7-2-3-8-19/h4-6,9-12H,2-3,7-8H2,1H3,(H,21,22)(H,23,24). The Labute approximate surface area is 140 Å². The van der Waals surface area contributed by atoms with Gasteiger partial charge in [-0.1, -0.05) is 42.7 Å². The van der Waals surface area contributed by atoms with Gasteiger partial charge in [-0.15, -0.1) is 0 Å². The van der Waals surface area contributed by atoms with Crippen LogP contribution in [-0.2, 0) is 4.79 Å². The van der Waals surface area contributed by atoms with Crippen LogP contribution in [0.1, 0.15) is 41.6 Å². The minimum atomic E-state index is -1.14. The summed E-state index contributed by atoms with van der Waals surface area (Å²) in [5, 5.41) is 12.2. The second-order valence-corrected chi connectivity index (χ2v) is 6.38. The van der Waals surface area contributed by atoms with E-state index in [1.54, 1.807) is 12.3 Å². The van der Waals surface area contributed by atoms with Crippen molar-refractivity contribution in [2.75, 3.05) is 0 Å². The fraction of sp³-hybridized carbons (Fsp3) is 0.316. The van der Waals surface area contributed by atoms with Gasteiger partial charge >= 0.3 is 5.97 Å². The average molecular weight is 324 g/mol. The summed E-state index contributed by atoms with van der Waals surface area (Å²) in [4.78, 5) is 28.3. The van der Waals surface area contributed by atoms with Crippen molar-refractivity contribution in [3.05, 3.63) is 53.9 Å². The first kappa shape index (κ1) is 16.2. The number of hydrogen-bond donors (Lipinski definition) is 2. The maximum Gasteiger partial charge on any atom is 0.329 e. The van der Waals surface area contributed by atoms with Crippen LogP contribution in [0.5, 0.6) is 0 Å². The molecular formula is C19H20N2O3. The van der Waals surface area contributed by atoms with Crippen LogP contribution in [0.15, 0.2) is 42.7 Å². The van der Waals surface area contributed by atoms with Crippen molar-refractivity contribution in [3.63, 3.8) is 0 Å². The lowest BCUT2D eigenvalue weighted by Crippen LogP contribution is -2.52. The van der Waals surface area contributed by atoms with Crippen LogP contribution in [0.4, 0.5) is 0 Å². The van der Waals surface area contributed by atoms with Crippen molar-refractivity contribution in [1.82, 2.24) is 10.3 Å². The van der Waals surface area contributed by atoms with E-state index in [1.807, 2.05) is 31.2 Å². The maximum atomic E-state index is 12.5. The highest BCUT2D eigenvalue weighted by molar-refractivity contribution is 5.98. The van der Waals surface area contributed by atoms with Gasteiger partial charge in [-0.05, 0) is 31.4 Å². The van der Waals surface area contributed by atoms with Crippen molar-refractivity contribution in [3.8, 4) is 11.1 Å². The number of aryl methyl sites for hydroxylation is 1. The predicted molar refractivity (Wildman–Crippen MR) is 90.7 cm³/mol. The minimum Gasteiger partial charge on any atom is -0.480 e. The lowest BCUT2D eigenvalue weighted by molar-refractivity contribution is -0.144. The topological polar surface area (TPSA) is 79.3 Å². The Balaban J connectivity index is 1.86. The molecular weight excluding hydrogens is 304 g/mol. The number of hydrogen-bond acceptors (Lipinski definition) is 3. The molecule has 0 unspecified atom stereocenters. The molecule has 0 bridgehead atoms. The monoisotopic (exact) mass is 324 g/mol. The summed E-state index contributed by atoms with van der Waals surface area (Å²) >= 11 is 0. The number of carboxylic acids is 1. The number of carboxylic acid groups (broad SMARTS) is 1. The molecule has 0 aliphatic heterocycles. The first-order valence-corrected chi connectivity index (χ1v) is 8.08. The molecule has 1 aliphatic rings. The van der Waals surface area contributed by atoms with Gasteiger partial charge in [-0.25, -0.2) is 4.79 Å². The number of amides is 1. The number of carbonyl (C=O) groups excluding carboxylic acids is 1.